The highest BCUT2D eigenvalue weighted by molar-refractivity contribution is 5.63. The molecule has 0 radical (unpaired) electrons. The molecule has 1 aromatic heterocycles. The number of benzene rings is 1. The van der Waals surface area contributed by atoms with Gasteiger partial charge in [-0.25, -0.2) is 9.97 Å². The van der Waals surface area contributed by atoms with E-state index >= 15 is 0 Å². The zero-order valence-electron chi connectivity index (χ0n) is 11.3. The molecule has 1 aliphatic carbocycles. The molecule has 0 unspecified atom stereocenters. The Hall–Kier alpha value is -2.10. The first-order chi connectivity index (χ1) is 9.20. The van der Waals surface area contributed by atoms with Crippen LogP contribution in [0.1, 0.15) is 24.0 Å². The SMILES string of the molecule is Cc1ccc(C)c(Nc2cc(NC3CC3)ncn2)c1. The number of aryl methyl sites for hydroxylation is 2. The predicted octanol–water partition coefficient (Wildman–Crippen LogP) is 3.41. The van der Waals surface area contributed by atoms with E-state index in [1.807, 2.05) is 6.07 Å². The average molecular weight is 254 g/mol. The van der Waals surface area contributed by atoms with Crippen LogP contribution in [0.15, 0.2) is 30.6 Å². The molecule has 4 nitrogen and oxygen atoms in total. The predicted molar refractivity (Wildman–Crippen MR) is 77.9 cm³/mol. The van der Waals surface area contributed by atoms with Crippen LogP contribution in [0.3, 0.4) is 0 Å². The number of aromatic nitrogens is 2. The molecule has 19 heavy (non-hydrogen) atoms. The van der Waals surface area contributed by atoms with E-state index in [1.165, 1.54) is 24.0 Å². The van der Waals surface area contributed by atoms with Gasteiger partial charge in [-0.05, 0) is 43.9 Å². The molecule has 2 N–H and O–H groups in total. The summed E-state index contributed by atoms with van der Waals surface area (Å²) in [7, 11) is 0. The van der Waals surface area contributed by atoms with Gasteiger partial charge in [0, 0.05) is 17.8 Å². The van der Waals surface area contributed by atoms with Gasteiger partial charge in [0.1, 0.15) is 18.0 Å². The molecule has 1 aliphatic rings. The van der Waals surface area contributed by atoms with Crippen LogP contribution in [-0.2, 0) is 0 Å². The number of hydrogen-bond acceptors (Lipinski definition) is 4. The number of anilines is 3. The minimum absolute atomic E-state index is 0.600. The molecular weight excluding hydrogens is 236 g/mol. The van der Waals surface area contributed by atoms with Crippen molar-refractivity contribution in [1.82, 2.24) is 9.97 Å². The van der Waals surface area contributed by atoms with Crippen molar-refractivity contribution in [2.75, 3.05) is 10.6 Å². The maximum absolute atomic E-state index is 4.27. The topological polar surface area (TPSA) is 49.8 Å². The molecule has 98 valence electrons. The van der Waals surface area contributed by atoms with Crippen LogP contribution in [0.4, 0.5) is 17.3 Å². The van der Waals surface area contributed by atoms with Crippen LogP contribution in [0.5, 0.6) is 0 Å². The Kier molecular flexibility index (Phi) is 3.07. The number of hydrogen-bond donors (Lipinski definition) is 2. The summed E-state index contributed by atoms with van der Waals surface area (Å²) < 4.78 is 0. The van der Waals surface area contributed by atoms with Crippen molar-refractivity contribution >= 4 is 17.3 Å². The van der Waals surface area contributed by atoms with Gasteiger partial charge in [-0.1, -0.05) is 12.1 Å². The summed E-state index contributed by atoms with van der Waals surface area (Å²) in [6, 6.07) is 8.91. The summed E-state index contributed by atoms with van der Waals surface area (Å²) in [4.78, 5) is 8.51. The summed E-state index contributed by atoms with van der Waals surface area (Å²) in [6.07, 6.45) is 4.08. The van der Waals surface area contributed by atoms with E-state index in [1.54, 1.807) is 6.33 Å². The normalized spacial score (nSPS) is 14.2. The van der Waals surface area contributed by atoms with Crippen molar-refractivity contribution in [3.63, 3.8) is 0 Å². The minimum atomic E-state index is 0.600. The van der Waals surface area contributed by atoms with Gasteiger partial charge < -0.3 is 10.6 Å². The number of rotatable bonds is 4. The maximum atomic E-state index is 4.27. The van der Waals surface area contributed by atoms with Crippen LogP contribution in [0, 0.1) is 13.8 Å². The molecular formula is C15H18N4. The van der Waals surface area contributed by atoms with Crippen molar-refractivity contribution in [2.24, 2.45) is 0 Å². The Morgan fingerprint density at radius 1 is 1.05 bits per heavy atom. The van der Waals surface area contributed by atoms with Gasteiger partial charge in [0.25, 0.3) is 0 Å². The molecule has 3 rings (SSSR count). The van der Waals surface area contributed by atoms with Crippen molar-refractivity contribution < 1.29 is 0 Å². The lowest BCUT2D eigenvalue weighted by atomic mass is 10.1. The smallest absolute Gasteiger partial charge is 0.135 e. The van der Waals surface area contributed by atoms with Crippen LogP contribution >= 0.6 is 0 Å². The lowest BCUT2D eigenvalue weighted by Crippen LogP contribution is -2.04. The van der Waals surface area contributed by atoms with E-state index in [9.17, 15) is 0 Å². The van der Waals surface area contributed by atoms with E-state index < -0.39 is 0 Å². The van der Waals surface area contributed by atoms with Crippen LogP contribution in [0.2, 0.25) is 0 Å². The highest BCUT2D eigenvalue weighted by atomic mass is 15.1. The molecule has 1 heterocycles. The minimum Gasteiger partial charge on any atom is -0.367 e. The Morgan fingerprint density at radius 2 is 1.84 bits per heavy atom. The summed E-state index contributed by atoms with van der Waals surface area (Å²) in [5.74, 6) is 1.72. The fourth-order valence-corrected chi connectivity index (χ4v) is 1.95. The van der Waals surface area contributed by atoms with Crippen molar-refractivity contribution in [3.8, 4) is 0 Å². The first-order valence-corrected chi connectivity index (χ1v) is 6.63. The van der Waals surface area contributed by atoms with Crippen LogP contribution in [0.25, 0.3) is 0 Å². The average Bonchev–Trinajstić information content (AvgIpc) is 3.18. The third-order valence-corrected chi connectivity index (χ3v) is 3.25. The first kappa shape index (κ1) is 12.0. The molecule has 0 bridgehead atoms. The first-order valence-electron chi connectivity index (χ1n) is 6.63. The molecule has 1 fully saturated rings. The van der Waals surface area contributed by atoms with Crippen molar-refractivity contribution in [1.29, 1.82) is 0 Å². The van der Waals surface area contributed by atoms with Crippen molar-refractivity contribution in [2.45, 2.75) is 32.7 Å². The molecule has 0 spiro atoms. The molecule has 0 atom stereocenters. The molecule has 1 saturated carbocycles. The van der Waals surface area contributed by atoms with Gasteiger partial charge in [0.05, 0.1) is 0 Å². The van der Waals surface area contributed by atoms with Gasteiger partial charge in [-0.3, -0.25) is 0 Å². The second-order valence-corrected chi connectivity index (χ2v) is 5.15. The highest BCUT2D eigenvalue weighted by Crippen LogP contribution is 2.25. The van der Waals surface area contributed by atoms with Gasteiger partial charge in [-0.15, -0.1) is 0 Å². The number of nitrogens with zero attached hydrogens (tertiary/aromatic N) is 2. The van der Waals surface area contributed by atoms with Gasteiger partial charge in [-0.2, -0.15) is 0 Å². The van der Waals surface area contributed by atoms with Gasteiger partial charge in [0.2, 0.25) is 0 Å². The molecule has 0 saturated heterocycles. The molecule has 4 heteroatoms. The Labute approximate surface area is 113 Å². The lowest BCUT2D eigenvalue weighted by Gasteiger charge is -2.11. The van der Waals surface area contributed by atoms with Crippen LogP contribution in [-0.4, -0.2) is 16.0 Å². The monoisotopic (exact) mass is 254 g/mol. The molecule has 1 aromatic carbocycles. The standard InChI is InChI=1S/C15H18N4/c1-10-3-4-11(2)13(7-10)19-15-8-14(16-9-17-15)18-12-5-6-12/h3-4,7-9,12H,5-6H2,1-2H3,(H2,16,17,18,19). The van der Waals surface area contributed by atoms with E-state index in [-0.39, 0.29) is 0 Å². The van der Waals surface area contributed by atoms with Gasteiger partial charge in [0.15, 0.2) is 0 Å². The van der Waals surface area contributed by atoms with E-state index in [2.05, 4.69) is 52.6 Å². The maximum Gasteiger partial charge on any atom is 0.135 e. The lowest BCUT2D eigenvalue weighted by molar-refractivity contribution is 1.08. The van der Waals surface area contributed by atoms with Gasteiger partial charge >= 0.3 is 0 Å². The van der Waals surface area contributed by atoms with Crippen LogP contribution < -0.4 is 10.6 Å². The van der Waals surface area contributed by atoms with E-state index in [0.29, 0.717) is 6.04 Å². The fraction of sp³-hybridized carbons (Fsp3) is 0.333. The third-order valence-electron chi connectivity index (χ3n) is 3.25. The summed E-state index contributed by atoms with van der Waals surface area (Å²) in [5.41, 5.74) is 3.54. The molecule has 0 aliphatic heterocycles. The zero-order chi connectivity index (χ0) is 13.2. The summed E-state index contributed by atoms with van der Waals surface area (Å²) in [6.45, 7) is 4.18. The third kappa shape index (κ3) is 3.02. The Morgan fingerprint density at radius 3 is 2.63 bits per heavy atom. The van der Waals surface area contributed by atoms with E-state index in [0.717, 1.165) is 17.3 Å². The molecule has 0 amide bonds. The largest absolute Gasteiger partial charge is 0.367 e. The quantitative estimate of drug-likeness (QED) is 0.877. The Bertz CT molecular complexity index is 590. The second-order valence-electron chi connectivity index (χ2n) is 5.15. The molecule has 2 aromatic rings. The fourth-order valence-electron chi connectivity index (χ4n) is 1.95. The zero-order valence-corrected chi connectivity index (χ0v) is 11.3. The van der Waals surface area contributed by atoms with Crippen molar-refractivity contribution in [3.05, 3.63) is 41.7 Å². The van der Waals surface area contributed by atoms with E-state index in [4.69, 9.17) is 0 Å². The number of nitrogens with one attached hydrogen (secondary N) is 2. The second kappa shape index (κ2) is 4.88. The summed E-state index contributed by atoms with van der Waals surface area (Å²) in [5, 5.41) is 6.73. The Balaban J connectivity index is 1.79. The highest BCUT2D eigenvalue weighted by Gasteiger charge is 2.21. The summed E-state index contributed by atoms with van der Waals surface area (Å²) >= 11 is 0.